The van der Waals surface area contributed by atoms with Gasteiger partial charge in [-0.2, -0.15) is 0 Å². The number of nitrogens with two attached hydrogens (primary N) is 1. The van der Waals surface area contributed by atoms with Crippen LogP contribution in [0.4, 0.5) is 4.79 Å². The van der Waals surface area contributed by atoms with Crippen LogP contribution in [0.2, 0.25) is 0 Å². The molecule has 0 aliphatic heterocycles. The molecule has 2 rings (SSSR count). The lowest BCUT2D eigenvalue weighted by molar-refractivity contribution is -0.123. The first-order chi connectivity index (χ1) is 13.0. The number of hydrazine groups is 1. The van der Waals surface area contributed by atoms with Crippen molar-refractivity contribution in [3.63, 3.8) is 0 Å². The van der Waals surface area contributed by atoms with Gasteiger partial charge in [-0.15, -0.1) is 0 Å². The molecule has 3 amide bonds. The molecule has 0 aliphatic carbocycles. The molecule has 5 N–H and O–H groups in total. The number of carbonyl (C=O) groups excluding carboxylic acids is 3. The zero-order valence-electron chi connectivity index (χ0n) is 14.9. The zero-order valence-corrected chi connectivity index (χ0v) is 14.9. The highest BCUT2D eigenvalue weighted by Crippen LogP contribution is 2.14. The summed E-state index contributed by atoms with van der Waals surface area (Å²) in [6.45, 7) is 0.380. The van der Waals surface area contributed by atoms with Crippen LogP contribution >= 0.6 is 0 Å². The first-order valence-electron chi connectivity index (χ1n) is 8.29. The van der Waals surface area contributed by atoms with E-state index in [1.165, 1.54) is 7.11 Å². The van der Waals surface area contributed by atoms with Crippen LogP contribution in [0.25, 0.3) is 0 Å². The van der Waals surface area contributed by atoms with E-state index < -0.39 is 18.0 Å². The van der Waals surface area contributed by atoms with Crippen molar-refractivity contribution in [2.75, 3.05) is 7.11 Å². The summed E-state index contributed by atoms with van der Waals surface area (Å²) in [5.74, 6) is -0.155. The summed E-state index contributed by atoms with van der Waals surface area (Å²) < 4.78 is 5.07. The summed E-state index contributed by atoms with van der Waals surface area (Å²) in [5.41, 5.74) is 10.6. The molecule has 1 unspecified atom stereocenters. The second kappa shape index (κ2) is 9.93. The van der Waals surface area contributed by atoms with Crippen LogP contribution in [0.15, 0.2) is 54.6 Å². The molecule has 8 heteroatoms. The van der Waals surface area contributed by atoms with Crippen LogP contribution in [0.1, 0.15) is 22.3 Å². The Bertz CT molecular complexity index is 778. The maximum atomic E-state index is 12.5. The Hall–Kier alpha value is -3.39. The van der Waals surface area contributed by atoms with Crippen molar-refractivity contribution in [3.8, 4) is 5.75 Å². The lowest BCUT2D eigenvalue weighted by atomic mass is 10.0. The minimum atomic E-state index is -0.897. The molecule has 0 bridgehead atoms. The molecule has 8 nitrogen and oxygen atoms in total. The number of urea groups is 1. The van der Waals surface area contributed by atoms with Gasteiger partial charge in [-0.1, -0.05) is 30.3 Å². The molecule has 0 spiro atoms. The van der Waals surface area contributed by atoms with Gasteiger partial charge in [-0.3, -0.25) is 15.0 Å². The number of methoxy groups -OCH3 is 1. The highest BCUT2D eigenvalue weighted by Gasteiger charge is 2.22. The minimum absolute atomic E-state index is 0.0918. The maximum absolute atomic E-state index is 12.5. The summed E-state index contributed by atoms with van der Waals surface area (Å²) in [6.07, 6.45) is -0.0918. The SMILES string of the molecule is COc1ccc(C(=O)CC(NCc2ccccc2)C(=O)NNC(N)=O)cc1. The minimum Gasteiger partial charge on any atom is -0.497 e. The molecule has 27 heavy (non-hydrogen) atoms. The van der Waals surface area contributed by atoms with E-state index in [2.05, 4.69) is 10.7 Å². The molecule has 0 radical (unpaired) electrons. The van der Waals surface area contributed by atoms with Gasteiger partial charge in [0.05, 0.1) is 13.2 Å². The van der Waals surface area contributed by atoms with Crippen LogP contribution in [0, 0.1) is 0 Å². The Labute approximate surface area is 157 Å². The van der Waals surface area contributed by atoms with E-state index in [0.29, 0.717) is 17.9 Å². The first kappa shape index (κ1) is 19.9. The molecule has 0 aliphatic rings. The summed E-state index contributed by atoms with van der Waals surface area (Å²) >= 11 is 0. The van der Waals surface area contributed by atoms with Gasteiger partial charge in [-0.05, 0) is 29.8 Å². The summed E-state index contributed by atoms with van der Waals surface area (Å²) in [6, 6.07) is 14.3. The molecule has 0 fully saturated rings. The lowest BCUT2D eigenvalue weighted by Gasteiger charge is -2.18. The molecule has 0 saturated carbocycles. The third-order valence-corrected chi connectivity index (χ3v) is 3.82. The fraction of sp³-hybridized carbons (Fsp3) is 0.211. The number of nitrogens with one attached hydrogen (secondary N) is 3. The molecule has 2 aromatic rings. The number of rotatable bonds is 8. The van der Waals surface area contributed by atoms with Gasteiger partial charge in [0.1, 0.15) is 5.75 Å². The van der Waals surface area contributed by atoms with Crippen molar-refractivity contribution in [3.05, 3.63) is 65.7 Å². The van der Waals surface area contributed by atoms with Crippen molar-refractivity contribution in [2.45, 2.75) is 19.0 Å². The number of ketones is 1. The van der Waals surface area contributed by atoms with Gasteiger partial charge in [-0.25, -0.2) is 10.2 Å². The van der Waals surface area contributed by atoms with Crippen molar-refractivity contribution in [1.82, 2.24) is 16.2 Å². The van der Waals surface area contributed by atoms with E-state index in [-0.39, 0.29) is 12.2 Å². The average molecular weight is 370 g/mol. The quantitative estimate of drug-likeness (QED) is 0.410. The Balaban J connectivity index is 2.05. The van der Waals surface area contributed by atoms with Crippen molar-refractivity contribution < 1.29 is 19.1 Å². The van der Waals surface area contributed by atoms with Gasteiger partial charge < -0.3 is 15.8 Å². The topological polar surface area (TPSA) is 123 Å². The van der Waals surface area contributed by atoms with Gasteiger partial charge >= 0.3 is 6.03 Å². The van der Waals surface area contributed by atoms with Gasteiger partial charge in [0.15, 0.2) is 5.78 Å². The van der Waals surface area contributed by atoms with Crippen LogP contribution in [-0.4, -0.2) is 30.9 Å². The number of hydrogen-bond acceptors (Lipinski definition) is 5. The molecule has 0 aromatic heterocycles. The largest absolute Gasteiger partial charge is 0.497 e. The molecular formula is C19H22N4O4. The average Bonchev–Trinajstić information content (AvgIpc) is 2.69. The lowest BCUT2D eigenvalue weighted by Crippen LogP contribution is -2.52. The molecular weight excluding hydrogens is 348 g/mol. The number of Topliss-reactive ketones (excluding diaryl/α,β-unsaturated/α-hetero) is 1. The summed E-state index contributed by atoms with van der Waals surface area (Å²) in [5, 5.41) is 3.03. The second-order valence-electron chi connectivity index (χ2n) is 5.75. The van der Waals surface area contributed by atoms with Crippen molar-refractivity contribution >= 4 is 17.7 Å². The van der Waals surface area contributed by atoms with E-state index in [4.69, 9.17) is 10.5 Å². The Kier molecular flexibility index (Phi) is 7.33. The second-order valence-corrected chi connectivity index (χ2v) is 5.75. The number of hydrogen-bond donors (Lipinski definition) is 4. The number of benzene rings is 2. The van der Waals surface area contributed by atoms with Crippen molar-refractivity contribution in [2.24, 2.45) is 5.73 Å². The van der Waals surface area contributed by atoms with Crippen LogP contribution in [-0.2, 0) is 11.3 Å². The normalized spacial score (nSPS) is 11.3. The molecule has 0 heterocycles. The van der Waals surface area contributed by atoms with Gasteiger partial charge in [0, 0.05) is 18.5 Å². The van der Waals surface area contributed by atoms with E-state index in [0.717, 1.165) is 5.56 Å². The maximum Gasteiger partial charge on any atom is 0.330 e. The third-order valence-electron chi connectivity index (χ3n) is 3.82. The van der Waals surface area contributed by atoms with E-state index in [1.54, 1.807) is 24.3 Å². The molecule has 142 valence electrons. The predicted octanol–water partition coefficient (Wildman–Crippen LogP) is 1.13. The summed E-state index contributed by atoms with van der Waals surface area (Å²) in [4.78, 5) is 35.7. The standard InChI is InChI=1S/C19H22N4O4/c1-27-15-9-7-14(8-10-15)17(24)11-16(18(25)22-23-19(20)26)21-12-13-5-3-2-4-6-13/h2-10,16,21H,11-12H2,1H3,(H,22,25)(H3,20,23,26). The van der Waals surface area contributed by atoms with Crippen molar-refractivity contribution in [1.29, 1.82) is 0 Å². The number of ether oxygens (including phenoxy) is 1. The van der Waals surface area contributed by atoms with Crippen LogP contribution in [0.5, 0.6) is 5.75 Å². The first-order valence-corrected chi connectivity index (χ1v) is 8.29. The van der Waals surface area contributed by atoms with E-state index in [1.807, 2.05) is 35.8 Å². The molecule has 1 atom stereocenters. The highest BCUT2D eigenvalue weighted by molar-refractivity contribution is 5.99. The highest BCUT2D eigenvalue weighted by atomic mass is 16.5. The zero-order chi connectivity index (χ0) is 19.6. The van der Waals surface area contributed by atoms with Gasteiger partial charge in [0.25, 0.3) is 5.91 Å². The van der Waals surface area contributed by atoms with E-state index in [9.17, 15) is 14.4 Å². The number of carbonyl (C=O) groups is 3. The predicted molar refractivity (Wildman–Crippen MR) is 99.9 cm³/mol. The molecule has 2 aromatic carbocycles. The third kappa shape index (κ3) is 6.44. The molecule has 0 saturated heterocycles. The van der Waals surface area contributed by atoms with Crippen LogP contribution < -0.4 is 26.6 Å². The van der Waals surface area contributed by atoms with Gasteiger partial charge in [0.2, 0.25) is 0 Å². The van der Waals surface area contributed by atoms with Crippen LogP contribution in [0.3, 0.4) is 0 Å². The number of amides is 3. The Morgan fingerprint density at radius 1 is 1.00 bits per heavy atom. The summed E-state index contributed by atoms with van der Waals surface area (Å²) in [7, 11) is 1.54. The number of primary amides is 1. The smallest absolute Gasteiger partial charge is 0.330 e. The van der Waals surface area contributed by atoms with E-state index >= 15 is 0 Å². The Morgan fingerprint density at radius 2 is 1.67 bits per heavy atom. The monoisotopic (exact) mass is 370 g/mol. The Morgan fingerprint density at radius 3 is 2.26 bits per heavy atom. The fourth-order valence-corrected chi connectivity index (χ4v) is 2.38. The fourth-order valence-electron chi connectivity index (χ4n) is 2.38.